The molecule has 86 valence electrons. The quantitative estimate of drug-likeness (QED) is 0.730. The topological polar surface area (TPSA) is 66.4 Å². The molecule has 1 aliphatic heterocycles. The van der Waals surface area contributed by atoms with Gasteiger partial charge in [0.15, 0.2) is 0 Å². The van der Waals surface area contributed by atoms with Crippen LogP contribution in [0.4, 0.5) is 0 Å². The van der Waals surface area contributed by atoms with Crippen LogP contribution < -0.4 is 5.32 Å². The van der Waals surface area contributed by atoms with E-state index in [0.29, 0.717) is 19.4 Å². The zero-order valence-corrected chi connectivity index (χ0v) is 9.90. The fraction of sp³-hybridized carbons (Fsp3) is 1.00. The molecule has 6 heteroatoms. The van der Waals surface area contributed by atoms with E-state index >= 15 is 0 Å². The van der Waals surface area contributed by atoms with Gasteiger partial charge in [-0.05, 0) is 19.8 Å². The second-order valence-electron chi connectivity index (χ2n) is 3.68. The molecule has 1 aliphatic rings. The molecule has 1 atom stereocenters. The molecule has 1 heterocycles. The number of aliphatic hydroxyl groups is 1. The SMILES string of the molecule is CC(O)CNC1CCS(=O)(=O)CC1.Cl. The summed E-state index contributed by atoms with van der Waals surface area (Å²) < 4.78 is 22.1. The molecule has 0 amide bonds. The van der Waals surface area contributed by atoms with Crippen molar-refractivity contribution in [3.05, 3.63) is 0 Å². The maximum Gasteiger partial charge on any atom is 0.150 e. The maximum absolute atomic E-state index is 11.1. The summed E-state index contributed by atoms with van der Waals surface area (Å²) in [6.07, 6.45) is 0.989. The summed E-state index contributed by atoms with van der Waals surface area (Å²) >= 11 is 0. The molecular weight excluding hydrogens is 226 g/mol. The van der Waals surface area contributed by atoms with E-state index in [1.807, 2.05) is 0 Å². The van der Waals surface area contributed by atoms with Gasteiger partial charge < -0.3 is 10.4 Å². The van der Waals surface area contributed by atoms with E-state index in [0.717, 1.165) is 0 Å². The smallest absolute Gasteiger partial charge is 0.150 e. The van der Waals surface area contributed by atoms with Gasteiger partial charge >= 0.3 is 0 Å². The molecular formula is C8H18ClNO3S. The number of hydrogen-bond donors (Lipinski definition) is 2. The first-order valence-corrected chi connectivity index (χ1v) is 6.43. The average Bonchev–Trinajstić information content (AvgIpc) is 2.02. The van der Waals surface area contributed by atoms with Gasteiger partial charge in [0.05, 0.1) is 17.6 Å². The number of nitrogens with one attached hydrogen (secondary N) is 1. The summed E-state index contributed by atoms with van der Waals surface area (Å²) in [6, 6.07) is 0.262. The van der Waals surface area contributed by atoms with E-state index in [2.05, 4.69) is 5.32 Å². The molecule has 0 radical (unpaired) electrons. The largest absolute Gasteiger partial charge is 0.392 e. The first-order valence-electron chi connectivity index (χ1n) is 4.61. The molecule has 14 heavy (non-hydrogen) atoms. The Kier molecular flexibility index (Phi) is 5.97. The van der Waals surface area contributed by atoms with Crippen LogP contribution in [0, 0.1) is 0 Å². The predicted molar refractivity (Wildman–Crippen MR) is 58.6 cm³/mol. The molecule has 0 aromatic heterocycles. The van der Waals surface area contributed by atoms with Crippen LogP contribution in [0.3, 0.4) is 0 Å². The number of sulfone groups is 1. The van der Waals surface area contributed by atoms with Crippen LogP contribution in [0.5, 0.6) is 0 Å². The highest BCUT2D eigenvalue weighted by molar-refractivity contribution is 7.91. The standard InChI is InChI=1S/C8H17NO3S.ClH/c1-7(10)6-9-8-2-4-13(11,12)5-3-8;/h7-10H,2-6H2,1H3;1H. The lowest BCUT2D eigenvalue weighted by molar-refractivity contribution is 0.185. The summed E-state index contributed by atoms with van der Waals surface area (Å²) in [7, 11) is -2.76. The molecule has 1 unspecified atom stereocenters. The van der Waals surface area contributed by atoms with E-state index in [1.165, 1.54) is 0 Å². The number of aliphatic hydroxyl groups excluding tert-OH is 1. The third-order valence-electron chi connectivity index (χ3n) is 2.26. The normalized spacial score (nSPS) is 23.9. The number of halogens is 1. The van der Waals surface area contributed by atoms with Crippen molar-refractivity contribution in [3.8, 4) is 0 Å². The Hall–Kier alpha value is 0.160. The van der Waals surface area contributed by atoms with Gasteiger partial charge in [0.25, 0.3) is 0 Å². The molecule has 4 nitrogen and oxygen atoms in total. The summed E-state index contributed by atoms with van der Waals surface area (Å²) in [5, 5.41) is 12.1. The maximum atomic E-state index is 11.1. The second-order valence-corrected chi connectivity index (χ2v) is 5.99. The van der Waals surface area contributed by atoms with Gasteiger partial charge in [-0.25, -0.2) is 8.42 Å². The summed E-state index contributed by atoms with van der Waals surface area (Å²) in [6.45, 7) is 2.26. The lowest BCUT2D eigenvalue weighted by Crippen LogP contribution is -2.40. The van der Waals surface area contributed by atoms with E-state index in [9.17, 15) is 8.42 Å². The van der Waals surface area contributed by atoms with E-state index in [1.54, 1.807) is 6.92 Å². The Bertz CT molecular complexity index is 239. The summed E-state index contributed by atoms with van der Waals surface area (Å²) in [5.41, 5.74) is 0. The highest BCUT2D eigenvalue weighted by Gasteiger charge is 2.22. The van der Waals surface area contributed by atoms with Crippen molar-refractivity contribution in [3.63, 3.8) is 0 Å². The van der Waals surface area contributed by atoms with Crippen molar-refractivity contribution in [1.82, 2.24) is 5.32 Å². The molecule has 1 fully saturated rings. The van der Waals surface area contributed by atoms with Crippen LogP contribution in [0.2, 0.25) is 0 Å². The van der Waals surface area contributed by atoms with Gasteiger partial charge in [-0.15, -0.1) is 12.4 Å². The van der Waals surface area contributed by atoms with Crippen molar-refractivity contribution >= 4 is 22.2 Å². The van der Waals surface area contributed by atoms with Crippen molar-refractivity contribution in [2.45, 2.75) is 31.9 Å². The van der Waals surface area contributed by atoms with E-state index < -0.39 is 9.84 Å². The van der Waals surface area contributed by atoms with Crippen molar-refractivity contribution in [2.75, 3.05) is 18.1 Å². The van der Waals surface area contributed by atoms with E-state index in [4.69, 9.17) is 5.11 Å². The van der Waals surface area contributed by atoms with Gasteiger partial charge in [0.2, 0.25) is 0 Å². The lowest BCUT2D eigenvalue weighted by atomic mass is 10.1. The Morgan fingerprint density at radius 3 is 2.36 bits per heavy atom. The predicted octanol–water partition coefficient (Wildman–Crippen LogP) is -0.0442. The molecule has 2 N–H and O–H groups in total. The monoisotopic (exact) mass is 243 g/mol. The molecule has 0 aromatic carbocycles. The number of rotatable bonds is 3. The van der Waals surface area contributed by atoms with Crippen LogP contribution in [0.1, 0.15) is 19.8 Å². The number of hydrogen-bond acceptors (Lipinski definition) is 4. The Balaban J connectivity index is 0.00000169. The van der Waals surface area contributed by atoms with E-state index in [-0.39, 0.29) is 36.1 Å². The van der Waals surface area contributed by atoms with Crippen LogP contribution in [0.25, 0.3) is 0 Å². The van der Waals surface area contributed by atoms with Crippen molar-refractivity contribution in [1.29, 1.82) is 0 Å². The first kappa shape index (κ1) is 14.2. The fourth-order valence-electron chi connectivity index (χ4n) is 1.43. The highest BCUT2D eigenvalue weighted by Crippen LogP contribution is 2.11. The van der Waals surface area contributed by atoms with Gasteiger partial charge in [-0.2, -0.15) is 0 Å². The zero-order valence-electron chi connectivity index (χ0n) is 8.27. The van der Waals surface area contributed by atoms with Gasteiger partial charge in [-0.1, -0.05) is 0 Å². The molecule has 1 saturated heterocycles. The molecule has 0 aliphatic carbocycles. The molecule has 1 rings (SSSR count). The molecule has 0 spiro atoms. The first-order chi connectivity index (χ1) is 5.99. The van der Waals surface area contributed by atoms with Crippen LogP contribution in [-0.2, 0) is 9.84 Å². The van der Waals surface area contributed by atoms with Crippen molar-refractivity contribution in [2.24, 2.45) is 0 Å². The van der Waals surface area contributed by atoms with Crippen molar-refractivity contribution < 1.29 is 13.5 Å². The molecule has 0 saturated carbocycles. The van der Waals surface area contributed by atoms with Gasteiger partial charge in [0, 0.05) is 12.6 Å². The summed E-state index contributed by atoms with van der Waals surface area (Å²) in [5.74, 6) is 0.564. The molecule has 0 bridgehead atoms. The fourth-order valence-corrected chi connectivity index (χ4v) is 2.92. The Morgan fingerprint density at radius 2 is 1.93 bits per heavy atom. The minimum absolute atomic E-state index is 0. The van der Waals surface area contributed by atoms with Gasteiger partial charge in [-0.3, -0.25) is 0 Å². The second kappa shape index (κ2) is 5.90. The minimum atomic E-state index is -2.76. The Morgan fingerprint density at radius 1 is 1.43 bits per heavy atom. The lowest BCUT2D eigenvalue weighted by Gasteiger charge is -2.23. The summed E-state index contributed by atoms with van der Waals surface area (Å²) in [4.78, 5) is 0. The van der Waals surface area contributed by atoms with Gasteiger partial charge in [0.1, 0.15) is 9.84 Å². The zero-order chi connectivity index (χ0) is 9.90. The third kappa shape index (κ3) is 5.14. The minimum Gasteiger partial charge on any atom is -0.392 e. The highest BCUT2D eigenvalue weighted by atomic mass is 35.5. The van der Waals surface area contributed by atoms with Crippen LogP contribution in [0.15, 0.2) is 0 Å². The third-order valence-corrected chi connectivity index (χ3v) is 3.97. The average molecular weight is 244 g/mol. The Labute approximate surface area is 91.4 Å². The van der Waals surface area contributed by atoms with Crippen LogP contribution >= 0.6 is 12.4 Å². The molecule has 0 aromatic rings. The van der Waals surface area contributed by atoms with Crippen LogP contribution in [-0.4, -0.2) is 43.7 Å².